The molecule has 0 unspecified atom stereocenters. The molecule has 0 amide bonds. The highest BCUT2D eigenvalue weighted by molar-refractivity contribution is 6.28. The van der Waals surface area contributed by atoms with Crippen LogP contribution in [0.2, 0.25) is 0 Å². The van der Waals surface area contributed by atoms with E-state index in [0.29, 0.717) is 5.72 Å². The van der Waals surface area contributed by atoms with E-state index in [1.54, 1.807) is 0 Å². The molecule has 1 aromatic rings. The van der Waals surface area contributed by atoms with Gasteiger partial charge in [0.2, 0.25) is 0 Å². The zero-order valence-electron chi connectivity index (χ0n) is 3.05. The van der Waals surface area contributed by atoms with Gasteiger partial charge in [-0.2, -0.15) is 5.10 Å². The van der Waals surface area contributed by atoms with Crippen molar-refractivity contribution in [2.24, 2.45) is 0 Å². The quantitative estimate of drug-likeness (QED) is 0.388. The molecule has 0 saturated heterocycles. The Kier molecular flexibility index (Phi) is 0.635. The molecular formula is C2H2BN3. The Morgan fingerprint density at radius 1 is 1.83 bits per heavy atom. The summed E-state index contributed by atoms with van der Waals surface area (Å²) in [5, 5.41) is 5.88. The first kappa shape index (κ1) is 3.40. The first-order chi connectivity index (χ1) is 2.89. The van der Waals surface area contributed by atoms with Gasteiger partial charge < -0.3 is 0 Å². The van der Waals surface area contributed by atoms with Crippen LogP contribution in [0.3, 0.4) is 0 Å². The van der Waals surface area contributed by atoms with Gasteiger partial charge in [0.1, 0.15) is 6.33 Å². The number of aromatic nitrogens is 3. The largest absolute Gasteiger partial charge is 0.274 e. The lowest BCUT2D eigenvalue weighted by atomic mass is 10.1. The molecule has 6 heavy (non-hydrogen) atoms. The van der Waals surface area contributed by atoms with Gasteiger partial charge in [0.25, 0.3) is 0 Å². The molecule has 1 aromatic heterocycles. The van der Waals surface area contributed by atoms with E-state index in [-0.39, 0.29) is 0 Å². The van der Waals surface area contributed by atoms with Gasteiger partial charge in [-0.05, 0) is 0 Å². The SMILES string of the molecule is [B]c1ncn[nH]1. The van der Waals surface area contributed by atoms with Crippen LogP contribution in [0, 0.1) is 0 Å². The summed E-state index contributed by atoms with van der Waals surface area (Å²) >= 11 is 0. The third-order valence-corrected chi connectivity index (χ3v) is 0.434. The number of nitrogens with zero attached hydrogens (tertiary/aromatic N) is 2. The van der Waals surface area contributed by atoms with Crippen LogP contribution in [0.15, 0.2) is 6.33 Å². The van der Waals surface area contributed by atoms with E-state index >= 15 is 0 Å². The number of nitrogens with one attached hydrogen (secondary N) is 1. The Bertz CT molecular complexity index is 112. The van der Waals surface area contributed by atoms with Crippen LogP contribution < -0.4 is 5.72 Å². The Morgan fingerprint density at radius 3 is 2.83 bits per heavy atom. The summed E-state index contributed by atoms with van der Waals surface area (Å²) in [6.07, 6.45) is 1.36. The number of hydrogen-bond acceptors (Lipinski definition) is 2. The average Bonchev–Trinajstić information content (AvgIpc) is 1.86. The van der Waals surface area contributed by atoms with E-state index in [4.69, 9.17) is 7.85 Å². The van der Waals surface area contributed by atoms with Crippen molar-refractivity contribution in [1.82, 2.24) is 15.2 Å². The summed E-state index contributed by atoms with van der Waals surface area (Å²) in [5.74, 6) is 0. The number of aromatic amines is 1. The molecule has 1 rings (SSSR count). The minimum atomic E-state index is 0.356. The molecule has 2 radical (unpaired) electrons. The van der Waals surface area contributed by atoms with Gasteiger partial charge in [0.05, 0.1) is 5.72 Å². The molecule has 1 heterocycles. The highest BCUT2D eigenvalue weighted by Gasteiger charge is 1.75. The molecule has 0 aliphatic rings. The molecule has 0 atom stereocenters. The zero-order chi connectivity index (χ0) is 4.41. The Labute approximate surface area is 36.2 Å². The predicted octanol–water partition coefficient (Wildman–Crippen LogP) is -1.40. The van der Waals surface area contributed by atoms with Crippen LogP contribution >= 0.6 is 0 Å². The van der Waals surface area contributed by atoms with Crippen LogP contribution in [0.25, 0.3) is 0 Å². The fourth-order valence-corrected chi connectivity index (χ4v) is 0.215. The molecule has 1 N–H and O–H groups in total. The molecule has 28 valence electrons. The van der Waals surface area contributed by atoms with Crippen molar-refractivity contribution in [1.29, 1.82) is 0 Å². The Balaban J connectivity index is 3.05. The molecule has 0 spiro atoms. The van der Waals surface area contributed by atoms with Crippen molar-refractivity contribution in [2.45, 2.75) is 0 Å². The fraction of sp³-hybridized carbons (Fsp3) is 0. The van der Waals surface area contributed by atoms with Crippen molar-refractivity contribution in [3.05, 3.63) is 6.33 Å². The van der Waals surface area contributed by atoms with Crippen LogP contribution in [-0.2, 0) is 0 Å². The molecule has 3 nitrogen and oxygen atoms in total. The van der Waals surface area contributed by atoms with Gasteiger partial charge in [-0.25, -0.2) is 4.98 Å². The summed E-state index contributed by atoms with van der Waals surface area (Å²) in [4.78, 5) is 3.53. The van der Waals surface area contributed by atoms with E-state index in [1.165, 1.54) is 6.33 Å². The van der Waals surface area contributed by atoms with Crippen molar-refractivity contribution in [3.63, 3.8) is 0 Å². The molecule has 0 saturated carbocycles. The Morgan fingerprint density at radius 2 is 2.67 bits per heavy atom. The smallest absolute Gasteiger partial charge is 0.169 e. The van der Waals surface area contributed by atoms with Crippen molar-refractivity contribution in [3.8, 4) is 0 Å². The minimum Gasteiger partial charge on any atom is -0.274 e. The molecule has 0 aliphatic heterocycles. The fourth-order valence-electron chi connectivity index (χ4n) is 0.215. The van der Waals surface area contributed by atoms with E-state index < -0.39 is 0 Å². The van der Waals surface area contributed by atoms with E-state index in [2.05, 4.69) is 15.2 Å². The molecule has 0 bridgehead atoms. The topological polar surface area (TPSA) is 41.6 Å². The first-order valence-electron chi connectivity index (χ1n) is 1.50. The van der Waals surface area contributed by atoms with E-state index in [9.17, 15) is 0 Å². The van der Waals surface area contributed by atoms with Crippen LogP contribution in [0.4, 0.5) is 0 Å². The second-order valence-electron chi connectivity index (χ2n) is 0.871. The van der Waals surface area contributed by atoms with Gasteiger partial charge >= 0.3 is 0 Å². The third-order valence-electron chi connectivity index (χ3n) is 0.434. The predicted molar refractivity (Wildman–Crippen MR) is 21.8 cm³/mol. The first-order valence-corrected chi connectivity index (χ1v) is 1.50. The maximum atomic E-state index is 5.05. The lowest BCUT2D eigenvalue weighted by molar-refractivity contribution is 1.11. The van der Waals surface area contributed by atoms with Crippen molar-refractivity contribution in [2.75, 3.05) is 0 Å². The lowest BCUT2D eigenvalue weighted by Crippen LogP contribution is -2.05. The maximum absolute atomic E-state index is 5.05. The summed E-state index contributed by atoms with van der Waals surface area (Å²) in [5.41, 5.74) is 0.356. The third kappa shape index (κ3) is 0.405. The summed E-state index contributed by atoms with van der Waals surface area (Å²) < 4.78 is 0. The average molecular weight is 78.9 g/mol. The second kappa shape index (κ2) is 1.12. The Hall–Kier alpha value is -0.795. The standard InChI is InChI=1S/C2H2BN3/c3-2-4-1-5-6-2/h1H,(H,4,5,6). The summed E-state index contributed by atoms with van der Waals surface area (Å²) in [6, 6.07) is 0. The molecular weight excluding hydrogens is 76.9 g/mol. The van der Waals surface area contributed by atoms with E-state index in [1.807, 2.05) is 0 Å². The lowest BCUT2D eigenvalue weighted by Gasteiger charge is -1.66. The number of rotatable bonds is 0. The minimum absolute atomic E-state index is 0.356. The summed E-state index contributed by atoms with van der Waals surface area (Å²) in [6.45, 7) is 0. The highest BCUT2D eigenvalue weighted by atomic mass is 15.2. The highest BCUT2D eigenvalue weighted by Crippen LogP contribution is 1.49. The number of hydrogen-bond donors (Lipinski definition) is 1. The summed E-state index contributed by atoms with van der Waals surface area (Å²) in [7, 11) is 5.05. The van der Waals surface area contributed by atoms with Crippen LogP contribution in [-0.4, -0.2) is 23.0 Å². The molecule has 4 heteroatoms. The van der Waals surface area contributed by atoms with Gasteiger partial charge in [-0.3, -0.25) is 5.10 Å². The molecule has 0 fully saturated rings. The van der Waals surface area contributed by atoms with Crippen LogP contribution in [0.5, 0.6) is 0 Å². The van der Waals surface area contributed by atoms with Gasteiger partial charge in [0, 0.05) is 0 Å². The molecule has 0 aromatic carbocycles. The maximum Gasteiger partial charge on any atom is 0.169 e. The normalized spacial score (nSPS) is 8.67. The second-order valence-corrected chi connectivity index (χ2v) is 0.871. The van der Waals surface area contributed by atoms with Gasteiger partial charge in [-0.1, -0.05) is 0 Å². The van der Waals surface area contributed by atoms with Crippen molar-refractivity contribution >= 4 is 13.6 Å². The van der Waals surface area contributed by atoms with Gasteiger partial charge in [0.15, 0.2) is 7.85 Å². The van der Waals surface area contributed by atoms with Gasteiger partial charge in [-0.15, -0.1) is 0 Å². The zero-order valence-corrected chi connectivity index (χ0v) is 3.05. The van der Waals surface area contributed by atoms with Crippen LogP contribution in [0.1, 0.15) is 0 Å². The monoisotopic (exact) mass is 79.0 g/mol. The van der Waals surface area contributed by atoms with Crippen molar-refractivity contribution < 1.29 is 0 Å². The molecule has 0 aliphatic carbocycles. The van der Waals surface area contributed by atoms with E-state index in [0.717, 1.165) is 0 Å². The number of H-pyrrole nitrogens is 1.